The number of halogens is 1. The van der Waals surface area contributed by atoms with E-state index in [2.05, 4.69) is 20.3 Å². The number of nitrogens with zero attached hydrogens (tertiary/aromatic N) is 3. The summed E-state index contributed by atoms with van der Waals surface area (Å²) in [6, 6.07) is 7.84. The fourth-order valence-corrected chi connectivity index (χ4v) is 4.76. The number of hydrogen-bond donors (Lipinski definition) is 4. The molecule has 1 aliphatic heterocycles. The molecule has 0 saturated carbocycles. The number of amides is 1. The molecule has 1 aliphatic rings. The molecule has 0 atom stereocenters. The average molecular weight is 490 g/mol. The maximum atomic E-state index is 12.0. The maximum Gasteiger partial charge on any atom is 0.224 e. The minimum Gasteiger partial charge on any atom is -0.396 e. The predicted molar refractivity (Wildman–Crippen MR) is 127 cm³/mol. The lowest BCUT2D eigenvalue weighted by Crippen LogP contribution is -2.32. The van der Waals surface area contributed by atoms with Crippen molar-refractivity contribution in [3.8, 4) is 11.4 Å². The van der Waals surface area contributed by atoms with Crippen LogP contribution < -0.4 is 11.1 Å². The first-order chi connectivity index (χ1) is 16.0. The number of nitrogen functional groups attached to an aromatic ring is 1. The van der Waals surface area contributed by atoms with Crippen LogP contribution in [0.4, 0.5) is 5.95 Å². The number of nitrogens with two attached hydrogens (primary N) is 1. The Labute approximate surface area is 199 Å². The molecular formula is C22H24ClN5O4S. The number of nitrogens with one attached hydrogen (secondary N) is 1. The first-order valence-corrected chi connectivity index (χ1v) is 11.8. The van der Waals surface area contributed by atoms with Gasteiger partial charge in [-0.1, -0.05) is 41.6 Å². The molecule has 0 radical (unpaired) electrons. The van der Waals surface area contributed by atoms with Crippen molar-refractivity contribution >= 4 is 46.0 Å². The number of carbonyl (C=O) groups excluding carboxylic acids is 1. The Morgan fingerprint density at radius 1 is 1.21 bits per heavy atom. The second-order valence-corrected chi connectivity index (χ2v) is 9.13. The highest BCUT2D eigenvalue weighted by Crippen LogP contribution is 2.39. The summed E-state index contributed by atoms with van der Waals surface area (Å²) in [6.45, 7) is 0.864. The van der Waals surface area contributed by atoms with Crippen LogP contribution >= 0.6 is 23.4 Å². The fraction of sp³-hybridized carbons (Fsp3) is 0.364. The van der Waals surface area contributed by atoms with Crippen LogP contribution in [0.3, 0.4) is 0 Å². The summed E-state index contributed by atoms with van der Waals surface area (Å²) < 4.78 is 5.65. The van der Waals surface area contributed by atoms with Crippen LogP contribution in [0.25, 0.3) is 22.2 Å². The first-order valence-electron chi connectivity index (χ1n) is 10.4. The molecule has 0 saturated heterocycles. The Balaban J connectivity index is 1.53. The summed E-state index contributed by atoms with van der Waals surface area (Å²) in [5.74, 6) is 0.312. The van der Waals surface area contributed by atoms with Crippen molar-refractivity contribution in [3.05, 3.63) is 40.4 Å². The highest BCUT2D eigenvalue weighted by Gasteiger charge is 2.21. The van der Waals surface area contributed by atoms with Gasteiger partial charge in [0.15, 0.2) is 11.0 Å². The van der Waals surface area contributed by atoms with Gasteiger partial charge < -0.3 is 26.0 Å². The van der Waals surface area contributed by atoms with Crippen molar-refractivity contribution < 1.29 is 19.7 Å². The topological polar surface area (TPSA) is 143 Å². The minimum atomic E-state index is -0.370. The molecule has 3 aromatic rings. The molecule has 0 unspecified atom stereocenters. The van der Waals surface area contributed by atoms with Gasteiger partial charge in [-0.05, 0) is 28.0 Å². The Morgan fingerprint density at radius 3 is 2.79 bits per heavy atom. The minimum absolute atomic E-state index is 0.0700. The highest BCUT2D eigenvalue weighted by molar-refractivity contribution is 7.99. The third kappa shape index (κ3) is 5.36. The third-order valence-corrected chi connectivity index (χ3v) is 6.46. The molecule has 2 aromatic carbocycles. The predicted octanol–water partition coefficient (Wildman–Crippen LogP) is 2.16. The van der Waals surface area contributed by atoms with Gasteiger partial charge in [-0.3, -0.25) is 4.79 Å². The van der Waals surface area contributed by atoms with Crippen LogP contribution in [0.15, 0.2) is 29.4 Å². The normalized spacial score (nSPS) is 13.0. The summed E-state index contributed by atoms with van der Waals surface area (Å²) in [4.78, 5) is 25.1. The smallest absolute Gasteiger partial charge is 0.224 e. The summed E-state index contributed by atoms with van der Waals surface area (Å²) >= 11 is 7.93. The maximum absolute atomic E-state index is 12.0. The van der Waals surface area contributed by atoms with Crippen LogP contribution in [0, 0.1) is 5.92 Å². The zero-order chi connectivity index (χ0) is 23.4. The quantitative estimate of drug-likeness (QED) is 0.332. The summed E-state index contributed by atoms with van der Waals surface area (Å²) in [7, 11) is 0. The van der Waals surface area contributed by atoms with E-state index in [1.165, 1.54) is 11.8 Å². The second kappa shape index (κ2) is 10.6. The number of aromatic nitrogens is 3. The Morgan fingerprint density at radius 2 is 2.00 bits per heavy atom. The van der Waals surface area contributed by atoms with Gasteiger partial charge in [-0.25, -0.2) is 4.98 Å². The molecule has 0 spiro atoms. The van der Waals surface area contributed by atoms with Gasteiger partial charge in [0.05, 0.1) is 18.2 Å². The number of carbonyl (C=O) groups is 1. The lowest BCUT2D eigenvalue weighted by molar-refractivity contribution is -0.120. The largest absolute Gasteiger partial charge is 0.396 e. The van der Waals surface area contributed by atoms with Gasteiger partial charge in [0.2, 0.25) is 11.9 Å². The highest BCUT2D eigenvalue weighted by atomic mass is 35.5. The molecule has 174 valence electrons. The molecule has 11 heteroatoms. The zero-order valence-corrected chi connectivity index (χ0v) is 19.3. The lowest BCUT2D eigenvalue weighted by atomic mass is 9.94. The second-order valence-electron chi connectivity index (χ2n) is 7.66. The number of aliphatic hydroxyl groups excluding tert-OH is 2. The summed E-state index contributed by atoms with van der Waals surface area (Å²) in [6.07, 6.45) is 0.219. The molecule has 33 heavy (non-hydrogen) atoms. The van der Waals surface area contributed by atoms with E-state index in [0.29, 0.717) is 40.5 Å². The zero-order valence-electron chi connectivity index (χ0n) is 17.8. The summed E-state index contributed by atoms with van der Waals surface area (Å²) in [5.41, 5.74) is 8.76. The molecule has 5 N–H and O–H groups in total. The van der Waals surface area contributed by atoms with Crippen molar-refractivity contribution in [2.24, 2.45) is 5.92 Å². The van der Waals surface area contributed by atoms with E-state index in [4.69, 9.17) is 32.3 Å². The molecule has 0 fully saturated rings. The van der Waals surface area contributed by atoms with E-state index >= 15 is 0 Å². The Hall–Kier alpha value is -2.50. The number of benzene rings is 2. The van der Waals surface area contributed by atoms with Crippen LogP contribution in [-0.4, -0.2) is 56.6 Å². The van der Waals surface area contributed by atoms with E-state index in [1.54, 1.807) is 0 Å². The third-order valence-electron chi connectivity index (χ3n) is 5.32. The van der Waals surface area contributed by atoms with Crippen molar-refractivity contribution in [3.63, 3.8) is 0 Å². The Bertz CT molecular complexity index is 1180. The number of aliphatic hydroxyl groups is 2. The van der Waals surface area contributed by atoms with E-state index in [0.717, 1.165) is 21.9 Å². The van der Waals surface area contributed by atoms with Gasteiger partial charge in [0.1, 0.15) is 0 Å². The van der Waals surface area contributed by atoms with Crippen LogP contribution in [0.1, 0.15) is 17.5 Å². The van der Waals surface area contributed by atoms with Gasteiger partial charge in [0, 0.05) is 43.4 Å². The van der Waals surface area contributed by atoms with Crippen molar-refractivity contribution in [1.82, 2.24) is 20.3 Å². The number of ether oxygens (including phenoxy) is 1. The standard InChI is InChI=1S/C22H24ClN5O4S/c23-16-6-14-11-32-10-13-2-1-3-15(18(13)14)19(16)20-26-21(24)28-22(27-20)33-5-4-17(31)25-7-12(8-29)9-30/h1-3,6,12,29-30H,4-5,7-11H2,(H,25,31)(H2,24,26,27,28). The van der Waals surface area contributed by atoms with Gasteiger partial charge in [0.25, 0.3) is 0 Å². The van der Waals surface area contributed by atoms with Crippen molar-refractivity contribution in [2.45, 2.75) is 24.8 Å². The molecular weight excluding hydrogens is 466 g/mol. The van der Waals surface area contributed by atoms with E-state index in [9.17, 15) is 4.79 Å². The molecule has 0 bridgehead atoms. The van der Waals surface area contributed by atoms with Crippen LogP contribution in [0.2, 0.25) is 5.02 Å². The van der Waals surface area contributed by atoms with Crippen molar-refractivity contribution in [1.29, 1.82) is 0 Å². The molecule has 4 rings (SSSR count). The Kier molecular flexibility index (Phi) is 7.61. The molecule has 0 aliphatic carbocycles. The van der Waals surface area contributed by atoms with Gasteiger partial charge in [-0.2, -0.15) is 9.97 Å². The first kappa shape index (κ1) is 23.7. The monoisotopic (exact) mass is 489 g/mol. The van der Waals surface area contributed by atoms with Crippen molar-refractivity contribution in [2.75, 3.05) is 31.2 Å². The van der Waals surface area contributed by atoms with Crippen LogP contribution in [-0.2, 0) is 22.7 Å². The van der Waals surface area contributed by atoms with Crippen LogP contribution in [0.5, 0.6) is 0 Å². The molecule has 1 amide bonds. The molecule has 9 nitrogen and oxygen atoms in total. The lowest BCUT2D eigenvalue weighted by Gasteiger charge is -2.20. The number of thioether (sulfide) groups is 1. The SMILES string of the molecule is Nc1nc(SCCC(=O)NCC(CO)CO)nc(-c2c(Cl)cc3c4c(cccc24)COC3)n1. The van der Waals surface area contributed by atoms with E-state index in [1.807, 2.05) is 24.3 Å². The fourth-order valence-electron chi connectivity index (χ4n) is 3.66. The summed E-state index contributed by atoms with van der Waals surface area (Å²) in [5, 5.41) is 23.8. The van der Waals surface area contributed by atoms with Gasteiger partial charge >= 0.3 is 0 Å². The molecule has 1 aromatic heterocycles. The number of hydrogen-bond acceptors (Lipinski definition) is 9. The van der Waals surface area contributed by atoms with Gasteiger partial charge in [-0.15, -0.1) is 0 Å². The van der Waals surface area contributed by atoms with E-state index in [-0.39, 0.29) is 44.0 Å². The molecule has 2 heterocycles. The van der Waals surface area contributed by atoms with E-state index < -0.39 is 0 Å². The average Bonchev–Trinajstić information content (AvgIpc) is 2.79. The number of anilines is 1. The number of rotatable bonds is 9.